The van der Waals surface area contributed by atoms with E-state index in [-0.39, 0.29) is 17.4 Å². The fourth-order valence-corrected chi connectivity index (χ4v) is 2.02. The van der Waals surface area contributed by atoms with Gasteiger partial charge in [0, 0.05) is 20.1 Å². The molecule has 106 valence electrons. The Hall–Kier alpha value is -1.35. The molecule has 19 heavy (non-hydrogen) atoms. The topological polar surface area (TPSA) is 38.3 Å². The Bertz CT molecular complexity index is 421. The predicted molar refractivity (Wildman–Crippen MR) is 78.0 cm³/mol. The van der Waals surface area contributed by atoms with Crippen LogP contribution in [-0.4, -0.2) is 19.6 Å². The maximum absolute atomic E-state index is 11.8. The molecule has 0 fully saturated rings. The van der Waals surface area contributed by atoms with Gasteiger partial charge in [-0.3, -0.25) is 4.79 Å². The summed E-state index contributed by atoms with van der Waals surface area (Å²) in [5, 5.41) is 2.95. The Balaban J connectivity index is 2.59. The van der Waals surface area contributed by atoms with Gasteiger partial charge in [0.15, 0.2) is 0 Å². The van der Waals surface area contributed by atoms with Gasteiger partial charge in [-0.2, -0.15) is 0 Å². The highest BCUT2D eigenvalue weighted by Crippen LogP contribution is 2.21. The van der Waals surface area contributed by atoms with Crippen LogP contribution in [0.4, 0.5) is 0 Å². The summed E-state index contributed by atoms with van der Waals surface area (Å²) in [6.45, 7) is 8.74. The van der Waals surface area contributed by atoms with E-state index in [1.807, 2.05) is 18.2 Å². The molecule has 0 aliphatic heterocycles. The van der Waals surface area contributed by atoms with E-state index in [1.54, 1.807) is 7.11 Å². The highest BCUT2D eigenvalue weighted by molar-refractivity contribution is 5.76. The Morgan fingerprint density at radius 1 is 1.32 bits per heavy atom. The molecule has 1 unspecified atom stereocenters. The summed E-state index contributed by atoms with van der Waals surface area (Å²) in [6, 6.07) is 8.09. The minimum atomic E-state index is -0.0925. The Morgan fingerprint density at radius 2 is 1.95 bits per heavy atom. The van der Waals surface area contributed by atoms with Gasteiger partial charge in [-0.1, -0.05) is 45.0 Å². The number of ether oxygens (including phenoxy) is 1. The summed E-state index contributed by atoms with van der Waals surface area (Å²) in [5.41, 5.74) is 2.32. The molecule has 0 bridgehead atoms. The number of hydrogen-bond donors (Lipinski definition) is 1. The number of amides is 1. The lowest BCUT2D eigenvalue weighted by molar-refractivity contribution is -0.123. The largest absolute Gasteiger partial charge is 0.375 e. The summed E-state index contributed by atoms with van der Waals surface area (Å²) >= 11 is 0. The van der Waals surface area contributed by atoms with E-state index in [0.717, 1.165) is 5.56 Å². The number of benzene rings is 1. The fourth-order valence-electron chi connectivity index (χ4n) is 2.02. The maximum Gasteiger partial charge on any atom is 0.220 e. The Kier molecular flexibility index (Phi) is 5.55. The van der Waals surface area contributed by atoms with Crippen LogP contribution in [0.2, 0.25) is 0 Å². The average molecular weight is 263 g/mol. The third-order valence-electron chi connectivity index (χ3n) is 3.00. The predicted octanol–water partition coefficient (Wildman–Crippen LogP) is 3.23. The van der Waals surface area contributed by atoms with Crippen molar-refractivity contribution >= 4 is 5.91 Å². The van der Waals surface area contributed by atoms with E-state index >= 15 is 0 Å². The van der Waals surface area contributed by atoms with Crippen LogP contribution in [0, 0.1) is 12.3 Å². The normalized spacial score (nSPS) is 13.1. The van der Waals surface area contributed by atoms with Crippen LogP contribution in [-0.2, 0) is 9.53 Å². The molecular formula is C16H25NO2. The van der Waals surface area contributed by atoms with E-state index in [2.05, 4.69) is 39.1 Å². The number of hydrogen-bond acceptors (Lipinski definition) is 2. The molecule has 3 nitrogen and oxygen atoms in total. The van der Waals surface area contributed by atoms with E-state index in [4.69, 9.17) is 4.74 Å². The highest BCUT2D eigenvalue weighted by atomic mass is 16.5. The number of nitrogens with one attached hydrogen (secondary N) is 1. The van der Waals surface area contributed by atoms with E-state index in [1.165, 1.54) is 5.56 Å². The molecule has 1 amide bonds. The lowest BCUT2D eigenvalue weighted by Crippen LogP contribution is -2.31. The molecule has 0 spiro atoms. The van der Waals surface area contributed by atoms with Crippen LogP contribution in [0.25, 0.3) is 0 Å². The van der Waals surface area contributed by atoms with Gasteiger partial charge in [0.1, 0.15) is 0 Å². The second kappa shape index (κ2) is 6.71. The van der Waals surface area contributed by atoms with Gasteiger partial charge in [0.2, 0.25) is 5.91 Å². The van der Waals surface area contributed by atoms with Crippen LogP contribution < -0.4 is 5.32 Å². The lowest BCUT2D eigenvalue weighted by Gasteiger charge is -2.21. The van der Waals surface area contributed by atoms with Crippen molar-refractivity contribution in [1.29, 1.82) is 0 Å². The van der Waals surface area contributed by atoms with Gasteiger partial charge >= 0.3 is 0 Å². The number of carbonyl (C=O) groups excluding carboxylic acids is 1. The van der Waals surface area contributed by atoms with Crippen molar-refractivity contribution in [3.8, 4) is 0 Å². The smallest absolute Gasteiger partial charge is 0.220 e. The minimum absolute atomic E-state index is 0.00924. The second-order valence-corrected chi connectivity index (χ2v) is 6.12. The zero-order valence-corrected chi connectivity index (χ0v) is 12.6. The zero-order chi connectivity index (χ0) is 14.5. The third kappa shape index (κ3) is 5.43. The number of rotatable bonds is 5. The van der Waals surface area contributed by atoms with Crippen LogP contribution in [0.3, 0.4) is 0 Å². The third-order valence-corrected chi connectivity index (χ3v) is 3.00. The van der Waals surface area contributed by atoms with Crippen molar-refractivity contribution in [3.05, 3.63) is 35.4 Å². The number of aryl methyl sites for hydroxylation is 1. The van der Waals surface area contributed by atoms with Gasteiger partial charge in [0.25, 0.3) is 0 Å². The van der Waals surface area contributed by atoms with Crippen molar-refractivity contribution in [2.75, 3.05) is 13.7 Å². The standard InChI is InChI=1S/C16H25NO2/c1-12-8-6-7-9-13(12)14(19-5)11-17-15(18)10-16(2,3)4/h6-9,14H,10-11H2,1-5H3,(H,17,18). The summed E-state index contributed by atoms with van der Waals surface area (Å²) in [4.78, 5) is 11.8. The number of methoxy groups -OCH3 is 1. The first-order valence-corrected chi connectivity index (χ1v) is 6.68. The molecule has 0 saturated heterocycles. The van der Waals surface area contributed by atoms with Crippen molar-refractivity contribution in [2.45, 2.75) is 40.2 Å². The van der Waals surface area contributed by atoms with Gasteiger partial charge in [-0.05, 0) is 23.5 Å². The van der Waals surface area contributed by atoms with Crippen molar-refractivity contribution in [2.24, 2.45) is 5.41 Å². The van der Waals surface area contributed by atoms with Crippen molar-refractivity contribution in [1.82, 2.24) is 5.32 Å². The van der Waals surface area contributed by atoms with E-state index in [0.29, 0.717) is 13.0 Å². The molecule has 0 aliphatic rings. The van der Waals surface area contributed by atoms with Gasteiger partial charge in [-0.25, -0.2) is 0 Å². The summed E-state index contributed by atoms with van der Waals surface area (Å²) < 4.78 is 5.48. The van der Waals surface area contributed by atoms with Crippen LogP contribution in [0.15, 0.2) is 24.3 Å². The van der Waals surface area contributed by atoms with Gasteiger partial charge in [0.05, 0.1) is 6.10 Å². The molecule has 0 saturated carbocycles. The molecule has 3 heteroatoms. The molecule has 0 heterocycles. The molecule has 1 aromatic rings. The van der Waals surface area contributed by atoms with Crippen LogP contribution in [0.5, 0.6) is 0 Å². The van der Waals surface area contributed by atoms with Gasteiger partial charge in [-0.15, -0.1) is 0 Å². The summed E-state index contributed by atoms with van der Waals surface area (Å²) in [5.74, 6) is 0.0723. The SMILES string of the molecule is COC(CNC(=O)CC(C)(C)C)c1ccccc1C. The van der Waals surface area contributed by atoms with Crippen molar-refractivity contribution < 1.29 is 9.53 Å². The first-order chi connectivity index (χ1) is 8.83. The summed E-state index contributed by atoms with van der Waals surface area (Å²) in [6.07, 6.45) is 0.433. The average Bonchev–Trinajstić information content (AvgIpc) is 2.29. The zero-order valence-electron chi connectivity index (χ0n) is 12.6. The molecule has 0 aromatic heterocycles. The minimum Gasteiger partial charge on any atom is -0.375 e. The molecule has 1 aromatic carbocycles. The molecule has 0 radical (unpaired) electrons. The highest BCUT2D eigenvalue weighted by Gasteiger charge is 2.18. The molecule has 1 atom stereocenters. The second-order valence-electron chi connectivity index (χ2n) is 6.12. The Morgan fingerprint density at radius 3 is 2.47 bits per heavy atom. The van der Waals surface area contributed by atoms with Crippen molar-refractivity contribution in [3.63, 3.8) is 0 Å². The van der Waals surface area contributed by atoms with Gasteiger partial charge < -0.3 is 10.1 Å². The molecular weight excluding hydrogens is 238 g/mol. The van der Waals surface area contributed by atoms with Crippen LogP contribution >= 0.6 is 0 Å². The monoisotopic (exact) mass is 263 g/mol. The van der Waals surface area contributed by atoms with E-state index in [9.17, 15) is 4.79 Å². The van der Waals surface area contributed by atoms with Crippen LogP contribution in [0.1, 0.15) is 44.4 Å². The summed E-state index contributed by atoms with van der Waals surface area (Å²) in [7, 11) is 1.67. The quantitative estimate of drug-likeness (QED) is 0.885. The molecule has 1 rings (SSSR count). The molecule has 1 N–H and O–H groups in total. The fraction of sp³-hybridized carbons (Fsp3) is 0.562. The lowest BCUT2D eigenvalue weighted by atomic mass is 9.92. The molecule has 0 aliphatic carbocycles. The first kappa shape index (κ1) is 15.7. The number of carbonyl (C=O) groups is 1. The van der Waals surface area contributed by atoms with E-state index < -0.39 is 0 Å². The Labute approximate surface area is 116 Å². The maximum atomic E-state index is 11.8. The first-order valence-electron chi connectivity index (χ1n) is 6.68.